The van der Waals surface area contributed by atoms with Crippen LogP contribution in [0.3, 0.4) is 0 Å². The SMILES string of the molecule is Cc1cc(Oc2nc(Cc3ccc(Cl)cc3)ns2)c(C)cc1N=CN1CCCCC1. The maximum Gasteiger partial charge on any atom is 0.298 e. The number of hydrogen-bond acceptors (Lipinski definition) is 5. The summed E-state index contributed by atoms with van der Waals surface area (Å²) < 4.78 is 10.5. The van der Waals surface area contributed by atoms with Gasteiger partial charge in [-0.15, -0.1) is 0 Å². The molecule has 0 saturated carbocycles. The van der Waals surface area contributed by atoms with Crippen LogP contribution < -0.4 is 4.74 Å². The summed E-state index contributed by atoms with van der Waals surface area (Å²) in [6.45, 7) is 6.28. The van der Waals surface area contributed by atoms with Gasteiger partial charge in [0.15, 0.2) is 5.82 Å². The Balaban J connectivity index is 1.43. The summed E-state index contributed by atoms with van der Waals surface area (Å²) in [7, 11) is 0. The van der Waals surface area contributed by atoms with E-state index in [2.05, 4.69) is 27.2 Å². The number of rotatable bonds is 6. The van der Waals surface area contributed by atoms with Gasteiger partial charge in [0.1, 0.15) is 5.75 Å². The molecule has 0 atom stereocenters. The highest BCUT2D eigenvalue weighted by atomic mass is 35.5. The monoisotopic (exact) mass is 440 g/mol. The van der Waals surface area contributed by atoms with Crippen molar-refractivity contribution in [1.29, 1.82) is 0 Å². The van der Waals surface area contributed by atoms with Crippen LogP contribution >= 0.6 is 23.1 Å². The minimum absolute atomic E-state index is 0.547. The zero-order chi connectivity index (χ0) is 20.9. The quantitative estimate of drug-likeness (QED) is 0.331. The molecule has 156 valence electrons. The molecular weight excluding hydrogens is 416 g/mol. The van der Waals surface area contributed by atoms with Gasteiger partial charge in [-0.1, -0.05) is 23.7 Å². The molecule has 7 heteroatoms. The summed E-state index contributed by atoms with van der Waals surface area (Å²) in [4.78, 5) is 11.5. The highest BCUT2D eigenvalue weighted by Gasteiger charge is 2.12. The Labute approximate surface area is 186 Å². The Morgan fingerprint density at radius 3 is 2.63 bits per heavy atom. The number of halogens is 1. The Morgan fingerprint density at radius 2 is 1.87 bits per heavy atom. The molecule has 0 bridgehead atoms. The van der Waals surface area contributed by atoms with Gasteiger partial charge in [0.2, 0.25) is 0 Å². The van der Waals surface area contributed by atoms with E-state index >= 15 is 0 Å². The molecule has 0 aliphatic carbocycles. The van der Waals surface area contributed by atoms with Gasteiger partial charge in [-0.25, -0.2) is 4.99 Å². The van der Waals surface area contributed by atoms with Crippen molar-refractivity contribution < 1.29 is 4.74 Å². The van der Waals surface area contributed by atoms with Gasteiger partial charge in [0, 0.05) is 36.1 Å². The molecule has 3 aromatic rings. The lowest BCUT2D eigenvalue weighted by Gasteiger charge is -2.23. The Bertz CT molecular complexity index is 1030. The van der Waals surface area contributed by atoms with Crippen LogP contribution in [0.2, 0.25) is 5.02 Å². The number of aromatic nitrogens is 2. The van der Waals surface area contributed by atoms with Gasteiger partial charge in [-0.2, -0.15) is 9.36 Å². The van der Waals surface area contributed by atoms with Gasteiger partial charge >= 0.3 is 0 Å². The second kappa shape index (κ2) is 9.58. The number of piperidine rings is 1. The molecule has 1 saturated heterocycles. The van der Waals surface area contributed by atoms with E-state index < -0.39 is 0 Å². The molecule has 1 aliphatic rings. The first-order valence-corrected chi connectivity index (χ1v) is 11.4. The van der Waals surface area contributed by atoms with Gasteiger partial charge in [0.25, 0.3) is 5.19 Å². The summed E-state index contributed by atoms with van der Waals surface area (Å²) in [5.74, 6) is 1.54. The molecule has 0 unspecified atom stereocenters. The second-order valence-corrected chi connectivity index (χ2v) is 8.78. The second-order valence-electron chi connectivity index (χ2n) is 7.63. The minimum Gasteiger partial charge on any atom is -0.430 e. The smallest absolute Gasteiger partial charge is 0.298 e. The van der Waals surface area contributed by atoms with Crippen LogP contribution in [0, 0.1) is 13.8 Å². The lowest BCUT2D eigenvalue weighted by atomic mass is 10.1. The molecular formula is C23H25ClN4OS. The van der Waals surface area contributed by atoms with Crippen LogP contribution in [0.15, 0.2) is 41.4 Å². The van der Waals surface area contributed by atoms with E-state index in [1.807, 2.05) is 43.6 Å². The number of nitrogens with zero attached hydrogens (tertiary/aromatic N) is 4. The highest BCUT2D eigenvalue weighted by Crippen LogP contribution is 2.32. The molecule has 0 amide bonds. The van der Waals surface area contributed by atoms with Crippen LogP contribution in [-0.2, 0) is 6.42 Å². The van der Waals surface area contributed by atoms with Gasteiger partial charge < -0.3 is 9.64 Å². The van der Waals surface area contributed by atoms with E-state index in [1.165, 1.54) is 30.8 Å². The average molecular weight is 441 g/mol. The fraction of sp³-hybridized carbons (Fsp3) is 0.348. The van der Waals surface area contributed by atoms with E-state index in [0.29, 0.717) is 11.6 Å². The molecule has 0 radical (unpaired) electrons. The molecule has 30 heavy (non-hydrogen) atoms. The van der Waals surface area contributed by atoms with E-state index in [0.717, 1.165) is 52.1 Å². The maximum absolute atomic E-state index is 6.04. The number of hydrogen-bond donors (Lipinski definition) is 0. The van der Waals surface area contributed by atoms with E-state index in [-0.39, 0.29) is 0 Å². The predicted molar refractivity (Wildman–Crippen MR) is 124 cm³/mol. The van der Waals surface area contributed by atoms with Crippen LogP contribution in [0.1, 0.15) is 41.8 Å². The molecule has 4 rings (SSSR count). The van der Waals surface area contributed by atoms with E-state index in [9.17, 15) is 0 Å². The fourth-order valence-electron chi connectivity index (χ4n) is 3.43. The number of benzene rings is 2. The Kier molecular flexibility index (Phi) is 6.65. The first-order valence-electron chi connectivity index (χ1n) is 10.2. The van der Waals surface area contributed by atoms with Crippen LogP contribution in [0.5, 0.6) is 10.9 Å². The Hall–Kier alpha value is -2.44. The highest BCUT2D eigenvalue weighted by molar-refractivity contribution is 7.07. The number of ether oxygens (including phenoxy) is 1. The Morgan fingerprint density at radius 1 is 1.10 bits per heavy atom. The first kappa shape index (κ1) is 20.8. The van der Waals surface area contributed by atoms with Crippen LogP contribution in [0.4, 0.5) is 5.69 Å². The molecule has 1 fully saturated rings. The number of aryl methyl sites for hydroxylation is 2. The number of likely N-dealkylation sites (tertiary alicyclic amines) is 1. The topological polar surface area (TPSA) is 50.6 Å². The predicted octanol–water partition coefficient (Wildman–Crippen LogP) is 6.34. The molecule has 5 nitrogen and oxygen atoms in total. The summed E-state index contributed by atoms with van der Waals surface area (Å²) in [6, 6.07) is 11.8. The van der Waals surface area contributed by atoms with E-state index in [1.54, 1.807) is 0 Å². The lowest BCUT2D eigenvalue weighted by Crippen LogP contribution is -2.28. The minimum atomic E-state index is 0.547. The maximum atomic E-state index is 6.04. The molecule has 1 aromatic heterocycles. The summed E-state index contributed by atoms with van der Waals surface area (Å²) >= 11 is 7.22. The van der Waals surface area contributed by atoms with Crippen molar-refractivity contribution in [1.82, 2.24) is 14.3 Å². The van der Waals surface area contributed by atoms with Crippen molar-refractivity contribution in [3.63, 3.8) is 0 Å². The number of aliphatic imine (C=N–C) groups is 1. The zero-order valence-corrected chi connectivity index (χ0v) is 18.8. The molecule has 2 heterocycles. The van der Waals surface area contributed by atoms with Crippen molar-refractivity contribution in [3.8, 4) is 10.9 Å². The van der Waals surface area contributed by atoms with Crippen LogP contribution in [-0.4, -0.2) is 33.7 Å². The lowest BCUT2D eigenvalue weighted by molar-refractivity contribution is 0.351. The van der Waals surface area contributed by atoms with Crippen molar-refractivity contribution in [2.45, 2.75) is 39.5 Å². The largest absolute Gasteiger partial charge is 0.430 e. The molecule has 0 spiro atoms. The molecule has 2 aromatic carbocycles. The van der Waals surface area contributed by atoms with Gasteiger partial charge in [0.05, 0.1) is 12.0 Å². The zero-order valence-electron chi connectivity index (χ0n) is 17.3. The third-order valence-corrected chi connectivity index (χ3v) is 6.05. The third kappa shape index (κ3) is 5.37. The third-order valence-electron chi connectivity index (χ3n) is 5.17. The first-order chi connectivity index (χ1) is 14.6. The summed E-state index contributed by atoms with van der Waals surface area (Å²) in [5, 5.41) is 1.27. The molecule has 0 N–H and O–H groups in total. The summed E-state index contributed by atoms with van der Waals surface area (Å²) in [5.41, 5.74) is 4.20. The average Bonchev–Trinajstić information content (AvgIpc) is 3.19. The van der Waals surface area contributed by atoms with E-state index in [4.69, 9.17) is 21.3 Å². The van der Waals surface area contributed by atoms with Crippen molar-refractivity contribution >= 4 is 35.2 Å². The van der Waals surface area contributed by atoms with Crippen molar-refractivity contribution in [3.05, 3.63) is 63.9 Å². The normalized spacial score (nSPS) is 14.4. The standard InChI is InChI=1S/C23H25ClN4OS/c1-16-13-21(17(2)12-20(16)25-15-28-10-4-3-5-11-28)29-23-26-22(27-30-23)14-18-6-8-19(24)9-7-18/h6-9,12-13,15H,3-5,10-11,14H2,1-2H3. The van der Waals surface area contributed by atoms with Crippen LogP contribution in [0.25, 0.3) is 0 Å². The van der Waals surface area contributed by atoms with Gasteiger partial charge in [-0.05, 0) is 74.1 Å². The van der Waals surface area contributed by atoms with Crippen molar-refractivity contribution in [2.75, 3.05) is 13.1 Å². The van der Waals surface area contributed by atoms with Gasteiger partial charge in [-0.3, -0.25) is 0 Å². The molecule has 1 aliphatic heterocycles. The fourth-order valence-corrected chi connectivity index (χ4v) is 4.12. The summed E-state index contributed by atoms with van der Waals surface area (Å²) in [6.07, 6.45) is 6.45. The van der Waals surface area contributed by atoms with Crippen molar-refractivity contribution in [2.24, 2.45) is 4.99 Å².